The molecule has 0 radical (unpaired) electrons. The van der Waals surface area contributed by atoms with Gasteiger partial charge in [0.15, 0.2) is 0 Å². The third-order valence-corrected chi connectivity index (χ3v) is 22.5. The van der Waals surface area contributed by atoms with Gasteiger partial charge in [-0.25, -0.2) is 0 Å². The molecule has 0 bridgehead atoms. The minimum Gasteiger partial charge on any atom is -0.481 e. The Morgan fingerprint density at radius 1 is 0.328 bits per heavy atom. The van der Waals surface area contributed by atoms with Gasteiger partial charge in [-0.15, -0.1) is 0 Å². The largest absolute Gasteiger partial charge is 0.481 e. The van der Waals surface area contributed by atoms with E-state index in [0.717, 1.165) is 0 Å². The van der Waals surface area contributed by atoms with E-state index in [0.29, 0.717) is 31.3 Å². The summed E-state index contributed by atoms with van der Waals surface area (Å²) in [5, 5.41) is 77.7. The minimum atomic E-state index is -1.88. The Bertz CT molecular complexity index is 4100. The second kappa shape index (κ2) is 65.5. The van der Waals surface area contributed by atoms with Crippen LogP contribution in [0.25, 0.3) is 0 Å². The highest BCUT2D eigenvalue weighted by Crippen LogP contribution is 2.18. The second-order valence-corrected chi connectivity index (χ2v) is 36.3. The van der Waals surface area contributed by atoms with Crippen molar-refractivity contribution >= 4 is 154 Å². The molecule has 0 aliphatic heterocycles. The van der Waals surface area contributed by atoms with E-state index in [2.05, 4.69) is 106 Å². The number of hydrogen-bond acceptors (Lipinski definition) is 27. The van der Waals surface area contributed by atoms with E-state index in [1.165, 1.54) is 39.5 Å². The molecule has 0 heterocycles. The SMILES string of the molecule is CCC(C)C(NC(=O)C(C)NC(=O)CNC(=O)C(CCCCN)NC(=O)C(CC(N)=O)NC(=O)C(CO)NC(=O)CNC(=O)C(NC(=O)C(CC(=O)O)NC(=O)CCCC=O)C(C)C)C(=O)NC(C(=O)NCC(=O)NC(CC(C)C)C(=O)NC(CCSC)C(=O)NC(C(=O)NCC(=O)NCC(=O)NC(C(=O)NC(C(=O)NC(C(=O)NC(C)C(=O)O)C(C)CC)C(C)C)C(C)C)C(C)C)C(C)CC. The van der Waals surface area contributed by atoms with Crippen LogP contribution < -0.4 is 118 Å². The van der Waals surface area contributed by atoms with Crippen LogP contribution >= 0.6 is 11.8 Å². The molecular formula is C87H150N22O27S. The average Bonchev–Trinajstić information content (AvgIpc) is 0.881. The summed E-state index contributed by atoms with van der Waals surface area (Å²) in [5.41, 5.74) is 11.1. The number of nitrogens with one attached hydrogen (secondary N) is 20. The van der Waals surface area contributed by atoms with Crippen molar-refractivity contribution in [2.45, 2.75) is 299 Å². The summed E-state index contributed by atoms with van der Waals surface area (Å²) in [7, 11) is 0. The fourth-order valence-corrected chi connectivity index (χ4v) is 13.4. The van der Waals surface area contributed by atoms with Gasteiger partial charge in [-0.05, 0) is 118 Å². The predicted molar refractivity (Wildman–Crippen MR) is 499 cm³/mol. The Kier molecular flexibility index (Phi) is 59.6. The molecule has 776 valence electrons. The van der Waals surface area contributed by atoms with E-state index < -0.39 is 320 Å². The van der Waals surface area contributed by atoms with Gasteiger partial charge in [-0.2, -0.15) is 11.8 Å². The molecule has 21 amide bonds. The van der Waals surface area contributed by atoms with Crippen LogP contribution in [0, 0.1) is 47.3 Å². The third-order valence-electron chi connectivity index (χ3n) is 21.8. The summed E-state index contributed by atoms with van der Waals surface area (Å²) in [4.78, 5) is 318. The van der Waals surface area contributed by atoms with Crippen molar-refractivity contribution < 1.29 is 130 Å². The van der Waals surface area contributed by atoms with Gasteiger partial charge in [0.2, 0.25) is 124 Å². The molecule has 0 aromatic carbocycles. The smallest absolute Gasteiger partial charge is 0.325 e. The van der Waals surface area contributed by atoms with Crippen molar-refractivity contribution in [1.82, 2.24) is 106 Å². The Labute approximate surface area is 802 Å². The van der Waals surface area contributed by atoms with Gasteiger partial charge in [-0.1, -0.05) is 130 Å². The summed E-state index contributed by atoms with van der Waals surface area (Å²) < 4.78 is 0. The average molecular weight is 1970 g/mol. The van der Waals surface area contributed by atoms with Gasteiger partial charge >= 0.3 is 11.9 Å². The van der Waals surface area contributed by atoms with E-state index in [4.69, 9.17) is 11.5 Å². The number of carboxylic acid groups (broad SMARTS) is 2. The van der Waals surface area contributed by atoms with Crippen LogP contribution in [0.4, 0.5) is 0 Å². The zero-order valence-electron chi connectivity index (χ0n) is 81.9. The number of thioether (sulfide) groups is 1. The number of hydrogen-bond donors (Lipinski definition) is 25. The Morgan fingerprint density at radius 2 is 0.672 bits per heavy atom. The highest BCUT2D eigenvalue weighted by atomic mass is 32.2. The normalized spacial score (nSPS) is 15.1. The zero-order chi connectivity index (χ0) is 105. The van der Waals surface area contributed by atoms with E-state index in [1.807, 2.05) is 0 Å². The number of aliphatic carboxylic acids is 2. The van der Waals surface area contributed by atoms with E-state index in [9.17, 15) is 130 Å². The van der Waals surface area contributed by atoms with Gasteiger partial charge in [0.05, 0.1) is 52.2 Å². The van der Waals surface area contributed by atoms with Crippen molar-refractivity contribution in [3.05, 3.63) is 0 Å². The van der Waals surface area contributed by atoms with Crippen LogP contribution in [-0.4, -0.2) is 306 Å². The van der Waals surface area contributed by atoms with Crippen LogP contribution in [0.2, 0.25) is 0 Å². The standard InChI is InChI=1S/C87H150N22O27S/c1-20-47(14)70(82(130)94-39-62(116)98-54(33-42(4)5)76(124)101-53(29-32-137-19)75(123)104-66(43(6)7)80(128)92-36-60(114)90-37-64(118)103-68(45(10)11)83(131)106-69(46(12)13)84(132)109-71(48(15)21-2)85(133)96-51(18)87(135)136)108-86(134)72(49(16)22-3)107-73(121)50(17)95-61(115)38-91-74(122)52(27-23-25-30-88)100-77(125)55(34-58(89)112)102-79(127)57(41-111)99-63(117)40-93-81(129)67(44(8)9)105-78(126)56(35-65(119)120)97-59(113)28-24-26-31-110/h31,42-57,66-72,111H,20-30,32-41,88H2,1-19H3,(H2,89,112)(H,90,114)(H,91,122)(H,92,128)(H,93,129)(H,94,130)(H,95,115)(H,96,133)(H,97,113)(H,98,116)(H,99,117)(H,100,125)(H,101,124)(H,102,127)(H,103,118)(H,104,123)(H,105,126)(H,106,131)(H,107,121)(H,108,134)(H,109,132)(H,119,120)(H,135,136). The predicted octanol–water partition coefficient (Wildman–Crippen LogP) is -6.63. The number of carbonyl (C=O) groups is 24. The van der Waals surface area contributed by atoms with Crippen molar-refractivity contribution in [3.8, 4) is 0 Å². The molecule has 0 spiro atoms. The van der Waals surface area contributed by atoms with Crippen LogP contribution in [0.3, 0.4) is 0 Å². The number of aliphatic hydroxyl groups is 1. The highest BCUT2D eigenvalue weighted by Gasteiger charge is 2.40. The van der Waals surface area contributed by atoms with Crippen LogP contribution in [0.15, 0.2) is 0 Å². The van der Waals surface area contributed by atoms with Crippen molar-refractivity contribution in [2.24, 2.45) is 58.8 Å². The maximum absolute atomic E-state index is 14.3. The Balaban J connectivity index is 6.23. The molecule has 0 rings (SSSR count). The molecule has 0 aromatic heterocycles. The molecule has 27 N–H and O–H groups in total. The number of aldehydes is 1. The molecule has 49 nitrogen and oxygen atoms in total. The van der Waals surface area contributed by atoms with E-state index in [1.54, 1.807) is 103 Å². The molecule has 0 aliphatic rings. The van der Waals surface area contributed by atoms with Gasteiger partial charge in [0.25, 0.3) is 0 Å². The number of aliphatic hydroxyl groups excluding tert-OH is 1. The number of carbonyl (C=O) groups excluding carboxylic acids is 22. The van der Waals surface area contributed by atoms with Gasteiger partial charge in [-0.3, -0.25) is 110 Å². The first-order chi connectivity index (χ1) is 64.1. The number of nitrogens with two attached hydrogens (primary N) is 2. The highest BCUT2D eigenvalue weighted by molar-refractivity contribution is 7.98. The van der Waals surface area contributed by atoms with Crippen molar-refractivity contribution in [2.75, 3.05) is 57.9 Å². The molecule has 18 unspecified atom stereocenters. The quantitative estimate of drug-likeness (QED) is 0.0199. The van der Waals surface area contributed by atoms with Crippen molar-refractivity contribution in [1.29, 1.82) is 0 Å². The lowest BCUT2D eigenvalue weighted by atomic mass is 9.94. The van der Waals surface area contributed by atoms with E-state index >= 15 is 0 Å². The van der Waals surface area contributed by atoms with Crippen molar-refractivity contribution in [3.63, 3.8) is 0 Å². The number of carboxylic acids is 2. The first-order valence-electron chi connectivity index (χ1n) is 45.9. The van der Waals surface area contributed by atoms with Gasteiger partial charge in [0.1, 0.15) is 96.9 Å². The first kappa shape index (κ1) is 125. The van der Waals surface area contributed by atoms with E-state index in [-0.39, 0.29) is 63.8 Å². The number of rotatable bonds is 68. The summed E-state index contributed by atoms with van der Waals surface area (Å²) in [6, 6.07) is -21.2. The summed E-state index contributed by atoms with van der Waals surface area (Å²) in [5.74, 6) is -26.1. The molecule has 0 aromatic rings. The topological polar surface area (TPSA) is 763 Å². The lowest BCUT2D eigenvalue weighted by molar-refractivity contribution is -0.142. The molecule has 0 saturated heterocycles. The lowest BCUT2D eigenvalue weighted by Crippen LogP contribution is -2.61. The fourth-order valence-electron chi connectivity index (χ4n) is 12.9. The minimum absolute atomic E-state index is 0.0227. The maximum atomic E-state index is 14.3. The molecule has 0 aliphatic carbocycles. The summed E-state index contributed by atoms with van der Waals surface area (Å²) in [6.45, 7) is 24.1. The third kappa shape index (κ3) is 48.4. The number of primary amides is 1. The van der Waals surface area contributed by atoms with Crippen LogP contribution in [-0.2, 0) is 115 Å². The van der Waals surface area contributed by atoms with Gasteiger partial charge in [0, 0.05) is 12.8 Å². The zero-order valence-corrected chi connectivity index (χ0v) is 82.7. The van der Waals surface area contributed by atoms with Gasteiger partial charge < -0.3 is 138 Å². The summed E-state index contributed by atoms with van der Waals surface area (Å²) >= 11 is 1.33. The maximum Gasteiger partial charge on any atom is 0.325 e. The molecule has 0 fully saturated rings. The second-order valence-electron chi connectivity index (χ2n) is 35.4. The lowest BCUT2D eigenvalue weighted by Gasteiger charge is -2.30. The molecule has 50 heteroatoms. The Morgan fingerprint density at radius 3 is 1.11 bits per heavy atom. The van der Waals surface area contributed by atoms with Crippen LogP contribution in [0.5, 0.6) is 0 Å². The molecule has 0 saturated carbocycles. The molecular weight excluding hydrogens is 1820 g/mol. The molecule has 18 atom stereocenters. The number of amides is 21. The van der Waals surface area contributed by atoms with Crippen LogP contribution in [0.1, 0.15) is 208 Å². The summed E-state index contributed by atoms with van der Waals surface area (Å²) in [6.07, 6.45) is 1.85. The first-order valence-corrected chi connectivity index (χ1v) is 47.3. The number of unbranched alkanes of at least 4 members (excludes halogenated alkanes) is 2. The molecule has 137 heavy (non-hydrogen) atoms. The Hall–Kier alpha value is -12.2. The monoisotopic (exact) mass is 1970 g/mol. The fraction of sp³-hybridized carbons (Fsp3) is 0.724.